The number of hydrogen-bond donors (Lipinski definition) is 0. The average Bonchev–Trinajstić information content (AvgIpc) is 2.89. The topological polar surface area (TPSA) is 21.8 Å². The molecule has 0 aliphatic carbocycles. The molecule has 90 valence electrons. The first kappa shape index (κ1) is 13.5. The highest BCUT2D eigenvalue weighted by molar-refractivity contribution is 9.09. The number of hydrogen-bond acceptors (Lipinski definition) is 2. The van der Waals surface area contributed by atoms with Gasteiger partial charge in [0.25, 0.3) is 0 Å². The second-order valence-electron chi connectivity index (χ2n) is 4.33. The number of alkyl halides is 1. The van der Waals surface area contributed by atoms with Gasteiger partial charge < -0.3 is 9.47 Å². The van der Waals surface area contributed by atoms with E-state index >= 15 is 0 Å². The maximum absolute atomic E-state index is 5.67. The van der Waals surface area contributed by atoms with Gasteiger partial charge in [-0.25, -0.2) is 0 Å². The highest BCUT2D eigenvalue weighted by Gasteiger charge is 2.51. The Balaban J connectivity index is 1.89. The minimum atomic E-state index is 0.0653. The van der Waals surface area contributed by atoms with Crippen molar-refractivity contribution in [2.24, 2.45) is 0 Å². The van der Waals surface area contributed by atoms with Crippen LogP contribution in [-0.2, 0) is 9.47 Å². The Morgan fingerprint density at radius 3 is 2.47 bits per heavy atom. The molecule has 0 radical (unpaired) electrons. The van der Waals surface area contributed by atoms with Crippen molar-refractivity contribution in [3.05, 3.63) is 0 Å². The molecule has 0 saturated carbocycles. The summed E-state index contributed by atoms with van der Waals surface area (Å²) < 4.78 is 11.2. The van der Waals surface area contributed by atoms with Crippen LogP contribution in [0.1, 0.15) is 46.0 Å². The number of rotatable bonds is 9. The zero-order valence-electron chi connectivity index (χ0n) is 9.93. The van der Waals surface area contributed by atoms with E-state index in [1.54, 1.807) is 0 Å². The molecule has 0 aromatic heterocycles. The van der Waals surface area contributed by atoms with Crippen molar-refractivity contribution in [1.82, 2.24) is 0 Å². The van der Waals surface area contributed by atoms with Crippen LogP contribution < -0.4 is 0 Å². The molecule has 2 nitrogen and oxygen atoms in total. The standard InChI is InChI=1S/C12H23BrO2/c1-3-12(11(2)15-12)10-14-9-7-5-4-6-8-13/h11H,3-10H2,1-2H3. The Morgan fingerprint density at radius 2 is 1.93 bits per heavy atom. The molecule has 2 atom stereocenters. The summed E-state index contributed by atoms with van der Waals surface area (Å²) >= 11 is 3.43. The first-order valence-corrected chi connectivity index (χ1v) is 7.19. The van der Waals surface area contributed by atoms with Gasteiger partial charge in [0.2, 0.25) is 0 Å². The van der Waals surface area contributed by atoms with E-state index in [4.69, 9.17) is 9.47 Å². The summed E-state index contributed by atoms with van der Waals surface area (Å²) in [6.07, 6.45) is 6.51. The summed E-state index contributed by atoms with van der Waals surface area (Å²) in [5, 5.41) is 1.12. The molecule has 1 aliphatic rings. The van der Waals surface area contributed by atoms with E-state index in [-0.39, 0.29) is 5.60 Å². The predicted molar refractivity (Wildman–Crippen MR) is 66.7 cm³/mol. The van der Waals surface area contributed by atoms with Gasteiger partial charge in [-0.15, -0.1) is 0 Å². The molecule has 0 N–H and O–H groups in total. The van der Waals surface area contributed by atoms with Crippen LogP contribution in [0.4, 0.5) is 0 Å². The minimum Gasteiger partial charge on any atom is -0.378 e. The van der Waals surface area contributed by atoms with Crippen molar-refractivity contribution in [2.75, 3.05) is 18.5 Å². The van der Waals surface area contributed by atoms with E-state index in [1.807, 2.05) is 0 Å². The lowest BCUT2D eigenvalue weighted by Gasteiger charge is -2.10. The number of unbranched alkanes of at least 4 members (excludes halogenated alkanes) is 3. The van der Waals surface area contributed by atoms with Crippen molar-refractivity contribution < 1.29 is 9.47 Å². The summed E-state index contributed by atoms with van der Waals surface area (Å²) in [5.74, 6) is 0. The summed E-state index contributed by atoms with van der Waals surface area (Å²) in [5.41, 5.74) is 0.0653. The van der Waals surface area contributed by atoms with E-state index < -0.39 is 0 Å². The first-order valence-electron chi connectivity index (χ1n) is 6.06. The fourth-order valence-electron chi connectivity index (χ4n) is 1.84. The van der Waals surface area contributed by atoms with Gasteiger partial charge >= 0.3 is 0 Å². The van der Waals surface area contributed by atoms with Crippen LogP contribution in [0.25, 0.3) is 0 Å². The molecule has 2 unspecified atom stereocenters. The van der Waals surface area contributed by atoms with Crippen molar-refractivity contribution in [3.63, 3.8) is 0 Å². The zero-order chi connectivity index (χ0) is 11.1. The fourth-order valence-corrected chi connectivity index (χ4v) is 2.24. The quantitative estimate of drug-likeness (QED) is 0.366. The molecule has 3 heteroatoms. The van der Waals surface area contributed by atoms with Crippen molar-refractivity contribution in [2.45, 2.75) is 57.7 Å². The van der Waals surface area contributed by atoms with Gasteiger partial charge in [-0.05, 0) is 26.2 Å². The van der Waals surface area contributed by atoms with Crippen LogP contribution in [0.15, 0.2) is 0 Å². The maximum Gasteiger partial charge on any atom is 0.117 e. The normalized spacial score (nSPS) is 29.4. The van der Waals surface area contributed by atoms with E-state index in [0.29, 0.717) is 6.10 Å². The molecular weight excluding hydrogens is 256 g/mol. The highest BCUT2D eigenvalue weighted by atomic mass is 79.9. The number of halogens is 1. The van der Waals surface area contributed by atoms with Crippen molar-refractivity contribution in [3.8, 4) is 0 Å². The number of epoxide rings is 1. The largest absolute Gasteiger partial charge is 0.378 e. The first-order chi connectivity index (χ1) is 7.25. The van der Waals surface area contributed by atoms with Crippen LogP contribution >= 0.6 is 15.9 Å². The van der Waals surface area contributed by atoms with E-state index in [0.717, 1.165) is 25.0 Å². The van der Waals surface area contributed by atoms with Gasteiger partial charge in [-0.2, -0.15) is 0 Å². The lowest BCUT2D eigenvalue weighted by atomic mass is 10.0. The molecular formula is C12H23BrO2. The second-order valence-corrected chi connectivity index (χ2v) is 5.13. The van der Waals surface area contributed by atoms with Crippen LogP contribution in [-0.4, -0.2) is 30.2 Å². The molecule has 0 aromatic carbocycles. The maximum atomic E-state index is 5.67. The second kappa shape index (κ2) is 6.87. The van der Waals surface area contributed by atoms with Gasteiger partial charge in [0.15, 0.2) is 0 Å². The summed E-state index contributed by atoms with van der Waals surface area (Å²) in [7, 11) is 0. The molecule has 0 amide bonds. The molecule has 1 fully saturated rings. The molecule has 1 aliphatic heterocycles. The monoisotopic (exact) mass is 278 g/mol. The number of ether oxygens (including phenoxy) is 2. The average molecular weight is 279 g/mol. The molecule has 0 aromatic rings. The molecule has 0 spiro atoms. The summed E-state index contributed by atoms with van der Waals surface area (Å²) in [6, 6.07) is 0. The third-order valence-corrected chi connectivity index (χ3v) is 3.77. The van der Waals surface area contributed by atoms with Crippen LogP contribution in [0.5, 0.6) is 0 Å². The Labute approximate surface area is 102 Å². The lowest BCUT2D eigenvalue weighted by Crippen LogP contribution is -2.21. The van der Waals surface area contributed by atoms with Crippen LogP contribution in [0.3, 0.4) is 0 Å². The van der Waals surface area contributed by atoms with Crippen molar-refractivity contribution >= 4 is 15.9 Å². The Bertz CT molecular complexity index is 171. The Hall–Kier alpha value is 0.400. The molecule has 1 saturated heterocycles. The molecule has 1 heterocycles. The van der Waals surface area contributed by atoms with Gasteiger partial charge in [-0.3, -0.25) is 0 Å². The smallest absolute Gasteiger partial charge is 0.117 e. The van der Waals surface area contributed by atoms with Gasteiger partial charge in [0, 0.05) is 11.9 Å². The summed E-state index contributed by atoms with van der Waals surface area (Å²) in [6.45, 7) is 5.97. The Kier molecular flexibility index (Phi) is 6.17. The van der Waals surface area contributed by atoms with Crippen LogP contribution in [0.2, 0.25) is 0 Å². The minimum absolute atomic E-state index is 0.0653. The lowest BCUT2D eigenvalue weighted by molar-refractivity contribution is 0.0743. The van der Waals surface area contributed by atoms with Gasteiger partial charge in [0.05, 0.1) is 12.7 Å². The molecule has 0 bridgehead atoms. The van der Waals surface area contributed by atoms with E-state index in [1.165, 1.54) is 25.7 Å². The van der Waals surface area contributed by atoms with Gasteiger partial charge in [-0.1, -0.05) is 35.7 Å². The molecule has 1 rings (SSSR count). The Morgan fingerprint density at radius 1 is 1.27 bits per heavy atom. The zero-order valence-corrected chi connectivity index (χ0v) is 11.5. The SMILES string of the molecule is CCC1(COCCCCCCBr)OC1C. The predicted octanol–water partition coefficient (Wildman–Crippen LogP) is 3.53. The third kappa shape index (κ3) is 4.41. The van der Waals surface area contributed by atoms with E-state index in [9.17, 15) is 0 Å². The molecule has 15 heavy (non-hydrogen) atoms. The van der Waals surface area contributed by atoms with Crippen molar-refractivity contribution in [1.29, 1.82) is 0 Å². The van der Waals surface area contributed by atoms with Gasteiger partial charge in [0.1, 0.15) is 5.60 Å². The fraction of sp³-hybridized carbons (Fsp3) is 1.00. The third-order valence-electron chi connectivity index (χ3n) is 3.21. The van der Waals surface area contributed by atoms with Crippen LogP contribution in [0, 0.1) is 0 Å². The summed E-state index contributed by atoms with van der Waals surface area (Å²) in [4.78, 5) is 0. The highest BCUT2D eigenvalue weighted by Crippen LogP contribution is 2.39. The van der Waals surface area contributed by atoms with E-state index in [2.05, 4.69) is 29.8 Å².